The predicted octanol–water partition coefficient (Wildman–Crippen LogP) is 1.01. The lowest BCUT2D eigenvalue weighted by Crippen LogP contribution is -2.59. The molecule has 0 aromatic rings. The van der Waals surface area contributed by atoms with Crippen molar-refractivity contribution in [2.24, 2.45) is 5.92 Å². The van der Waals surface area contributed by atoms with Crippen molar-refractivity contribution in [1.29, 1.82) is 0 Å². The first-order chi connectivity index (χ1) is 8.00. The second-order valence-corrected chi connectivity index (χ2v) is 6.01. The van der Waals surface area contributed by atoms with Crippen molar-refractivity contribution in [3.63, 3.8) is 0 Å². The first kappa shape index (κ1) is 12.8. The summed E-state index contributed by atoms with van der Waals surface area (Å²) in [6, 6.07) is 0.487. The van der Waals surface area contributed by atoms with Gasteiger partial charge in [0.15, 0.2) is 0 Å². The summed E-state index contributed by atoms with van der Waals surface area (Å²) in [5.74, 6) is 0.690. The summed E-state index contributed by atoms with van der Waals surface area (Å²) in [5.41, 5.74) is -0.122. The zero-order chi connectivity index (χ0) is 12.5. The summed E-state index contributed by atoms with van der Waals surface area (Å²) < 4.78 is 5.71. The van der Waals surface area contributed by atoms with Crippen LogP contribution < -0.4 is 5.32 Å². The van der Waals surface area contributed by atoms with Crippen LogP contribution in [0.15, 0.2) is 0 Å². The van der Waals surface area contributed by atoms with Gasteiger partial charge in [-0.1, -0.05) is 13.8 Å². The van der Waals surface area contributed by atoms with Gasteiger partial charge in [-0.15, -0.1) is 0 Å². The molecule has 4 heteroatoms. The summed E-state index contributed by atoms with van der Waals surface area (Å²) in [4.78, 5) is 14.1. The number of carbonyl (C=O) groups is 1. The Hall–Kier alpha value is -0.610. The van der Waals surface area contributed by atoms with E-state index in [1.54, 1.807) is 0 Å². The standard InChI is InChI=1S/C13H24N2O2/c1-10(2)6-15(11-4-5-11)12(16)7-17-13(3)8-14-9-13/h10-11,14H,4-9H2,1-3H3. The largest absolute Gasteiger partial charge is 0.363 e. The van der Waals surface area contributed by atoms with Gasteiger partial charge in [0.05, 0.1) is 5.60 Å². The van der Waals surface area contributed by atoms with Crippen LogP contribution in [0.2, 0.25) is 0 Å². The molecule has 0 aromatic heterocycles. The van der Waals surface area contributed by atoms with Crippen molar-refractivity contribution in [2.45, 2.75) is 45.3 Å². The highest BCUT2D eigenvalue weighted by Crippen LogP contribution is 2.28. The highest BCUT2D eigenvalue weighted by atomic mass is 16.5. The van der Waals surface area contributed by atoms with Crippen LogP contribution in [-0.4, -0.2) is 48.7 Å². The van der Waals surface area contributed by atoms with E-state index >= 15 is 0 Å². The number of carbonyl (C=O) groups excluding carboxylic acids is 1. The molecule has 2 fully saturated rings. The minimum atomic E-state index is -0.122. The van der Waals surface area contributed by atoms with Gasteiger partial charge >= 0.3 is 0 Å². The molecule has 98 valence electrons. The van der Waals surface area contributed by atoms with Crippen molar-refractivity contribution in [2.75, 3.05) is 26.2 Å². The van der Waals surface area contributed by atoms with E-state index in [1.807, 2.05) is 4.90 Å². The average molecular weight is 240 g/mol. The summed E-state index contributed by atoms with van der Waals surface area (Å²) >= 11 is 0. The molecule has 2 rings (SSSR count). The zero-order valence-electron chi connectivity index (χ0n) is 11.2. The van der Waals surface area contributed by atoms with Gasteiger partial charge < -0.3 is 15.0 Å². The Morgan fingerprint density at radius 1 is 1.47 bits per heavy atom. The molecule has 17 heavy (non-hydrogen) atoms. The molecule has 1 aliphatic heterocycles. The molecule has 1 heterocycles. The quantitative estimate of drug-likeness (QED) is 0.753. The van der Waals surface area contributed by atoms with E-state index in [4.69, 9.17) is 4.74 Å². The third-order valence-electron chi connectivity index (χ3n) is 3.41. The highest BCUT2D eigenvalue weighted by molar-refractivity contribution is 5.78. The summed E-state index contributed by atoms with van der Waals surface area (Å²) in [5, 5.41) is 3.17. The van der Waals surface area contributed by atoms with E-state index in [0.29, 0.717) is 12.0 Å². The smallest absolute Gasteiger partial charge is 0.248 e. The Kier molecular flexibility index (Phi) is 3.73. The fourth-order valence-electron chi connectivity index (χ4n) is 2.13. The molecule has 1 amide bonds. The number of ether oxygens (including phenoxy) is 1. The van der Waals surface area contributed by atoms with Crippen LogP contribution in [0.3, 0.4) is 0 Å². The molecule has 0 bridgehead atoms. The maximum Gasteiger partial charge on any atom is 0.248 e. The van der Waals surface area contributed by atoms with E-state index in [9.17, 15) is 4.79 Å². The molecule has 4 nitrogen and oxygen atoms in total. The maximum atomic E-state index is 12.1. The fourth-order valence-corrected chi connectivity index (χ4v) is 2.13. The van der Waals surface area contributed by atoms with Crippen LogP contribution in [-0.2, 0) is 9.53 Å². The van der Waals surface area contributed by atoms with Crippen molar-refractivity contribution < 1.29 is 9.53 Å². The lowest BCUT2D eigenvalue weighted by Gasteiger charge is -2.39. The third-order valence-corrected chi connectivity index (χ3v) is 3.41. The zero-order valence-corrected chi connectivity index (χ0v) is 11.2. The van der Waals surface area contributed by atoms with Crippen LogP contribution >= 0.6 is 0 Å². The van der Waals surface area contributed by atoms with Crippen LogP contribution in [0, 0.1) is 5.92 Å². The second-order valence-electron chi connectivity index (χ2n) is 6.01. The molecule has 0 spiro atoms. The molecular formula is C13H24N2O2. The Morgan fingerprint density at radius 3 is 2.53 bits per heavy atom. The van der Waals surface area contributed by atoms with Gasteiger partial charge in [-0.2, -0.15) is 0 Å². The first-order valence-electron chi connectivity index (χ1n) is 6.64. The maximum absolute atomic E-state index is 12.1. The Balaban J connectivity index is 1.79. The molecule has 0 radical (unpaired) electrons. The SMILES string of the molecule is CC(C)CN(C(=O)COC1(C)CNC1)C1CC1. The van der Waals surface area contributed by atoms with E-state index in [-0.39, 0.29) is 18.1 Å². The van der Waals surface area contributed by atoms with Gasteiger partial charge in [0.1, 0.15) is 6.61 Å². The Morgan fingerprint density at radius 2 is 2.12 bits per heavy atom. The topological polar surface area (TPSA) is 41.6 Å². The van der Waals surface area contributed by atoms with Gasteiger partial charge in [0, 0.05) is 25.7 Å². The molecular weight excluding hydrogens is 216 g/mol. The van der Waals surface area contributed by atoms with Crippen LogP contribution in [0.5, 0.6) is 0 Å². The van der Waals surface area contributed by atoms with E-state index in [1.165, 1.54) is 0 Å². The van der Waals surface area contributed by atoms with Gasteiger partial charge in [-0.3, -0.25) is 4.79 Å². The van der Waals surface area contributed by atoms with Gasteiger partial charge in [0.2, 0.25) is 5.91 Å². The predicted molar refractivity (Wildman–Crippen MR) is 66.8 cm³/mol. The second kappa shape index (κ2) is 4.94. The monoisotopic (exact) mass is 240 g/mol. The molecule has 0 aromatic carbocycles. The lowest BCUT2D eigenvalue weighted by atomic mass is 10.0. The van der Waals surface area contributed by atoms with Crippen LogP contribution in [0.25, 0.3) is 0 Å². The minimum Gasteiger partial charge on any atom is -0.363 e. The van der Waals surface area contributed by atoms with Crippen LogP contribution in [0.4, 0.5) is 0 Å². The summed E-state index contributed by atoms with van der Waals surface area (Å²) in [7, 11) is 0. The van der Waals surface area contributed by atoms with Crippen molar-refractivity contribution >= 4 is 5.91 Å². The average Bonchev–Trinajstić information content (AvgIpc) is 3.03. The van der Waals surface area contributed by atoms with Crippen molar-refractivity contribution in [1.82, 2.24) is 10.2 Å². The normalized spacial score (nSPS) is 22.4. The molecule has 2 aliphatic rings. The lowest BCUT2D eigenvalue weighted by molar-refractivity contribution is -0.147. The van der Waals surface area contributed by atoms with Crippen molar-refractivity contribution in [3.05, 3.63) is 0 Å². The molecule has 1 saturated heterocycles. The van der Waals surface area contributed by atoms with Crippen molar-refractivity contribution in [3.8, 4) is 0 Å². The number of hydrogen-bond acceptors (Lipinski definition) is 3. The number of nitrogens with zero attached hydrogens (tertiary/aromatic N) is 1. The summed E-state index contributed by atoms with van der Waals surface area (Å²) in [6.45, 7) is 9.17. The fraction of sp³-hybridized carbons (Fsp3) is 0.923. The molecule has 1 saturated carbocycles. The number of rotatable bonds is 6. The van der Waals surface area contributed by atoms with Crippen LogP contribution in [0.1, 0.15) is 33.6 Å². The third kappa shape index (κ3) is 3.42. The van der Waals surface area contributed by atoms with Gasteiger partial charge in [-0.25, -0.2) is 0 Å². The number of amides is 1. The number of nitrogens with one attached hydrogen (secondary N) is 1. The van der Waals surface area contributed by atoms with E-state index < -0.39 is 0 Å². The highest BCUT2D eigenvalue weighted by Gasteiger charge is 2.36. The van der Waals surface area contributed by atoms with Gasteiger partial charge in [0.25, 0.3) is 0 Å². The van der Waals surface area contributed by atoms with Gasteiger partial charge in [-0.05, 0) is 25.7 Å². The molecule has 0 unspecified atom stereocenters. The Labute approximate surface area is 104 Å². The Bertz CT molecular complexity index is 283. The molecule has 1 aliphatic carbocycles. The van der Waals surface area contributed by atoms with E-state index in [2.05, 4.69) is 26.1 Å². The van der Waals surface area contributed by atoms with E-state index in [0.717, 1.165) is 32.5 Å². The minimum absolute atomic E-state index is 0.122. The molecule has 0 atom stereocenters. The first-order valence-corrected chi connectivity index (χ1v) is 6.64. The summed E-state index contributed by atoms with van der Waals surface area (Å²) in [6.07, 6.45) is 2.33. The number of hydrogen-bond donors (Lipinski definition) is 1. The molecule has 1 N–H and O–H groups in total.